The molecule has 0 spiro atoms. The average Bonchev–Trinajstić information content (AvgIpc) is 2.99. The van der Waals surface area contributed by atoms with Crippen molar-refractivity contribution in [2.75, 3.05) is 7.11 Å². The Balaban J connectivity index is 0.00000342. The Morgan fingerprint density at radius 3 is 1.58 bits per heavy atom. The van der Waals surface area contributed by atoms with E-state index in [0.717, 1.165) is 11.8 Å². The van der Waals surface area contributed by atoms with Gasteiger partial charge in [-0.3, -0.25) is 0 Å². The third-order valence-electron chi connectivity index (χ3n) is 7.11. The van der Waals surface area contributed by atoms with Gasteiger partial charge < -0.3 is 42.0 Å². The third-order valence-corrected chi connectivity index (χ3v) is 9.79. The van der Waals surface area contributed by atoms with E-state index in [9.17, 15) is 0 Å². The van der Waals surface area contributed by atoms with Crippen LogP contribution in [0.4, 0.5) is 0 Å². The summed E-state index contributed by atoms with van der Waals surface area (Å²) in [6, 6.07) is 23.9. The number of rotatable bonds is 6. The summed E-state index contributed by atoms with van der Waals surface area (Å²) < 4.78 is 5.57. The van der Waals surface area contributed by atoms with Gasteiger partial charge in [-0.15, -0.1) is 16.7 Å². The van der Waals surface area contributed by atoms with Gasteiger partial charge >= 0.3 is 21.7 Å². The Labute approximate surface area is 264 Å². The number of hydrogen-bond donors (Lipinski definition) is 0. The Bertz CT molecular complexity index is 1270. The quantitative estimate of drug-likeness (QED) is 0.174. The summed E-state index contributed by atoms with van der Waals surface area (Å²) in [6.07, 6.45) is 0. The van der Waals surface area contributed by atoms with E-state index in [1.807, 2.05) is 6.07 Å². The fourth-order valence-electron chi connectivity index (χ4n) is 5.34. The summed E-state index contributed by atoms with van der Waals surface area (Å²) in [4.78, 5) is 0. The molecule has 4 aromatic carbocycles. The fraction of sp³-hybridized carbons (Fsp3) is 0.281. The molecule has 1 nitrogen and oxygen atoms in total. The predicted molar refractivity (Wildman–Crippen MR) is 149 cm³/mol. The maximum atomic E-state index is 5.57. The maximum absolute atomic E-state index is 5.57. The van der Waals surface area contributed by atoms with E-state index >= 15 is 0 Å². The zero-order valence-electron chi connectivity index (χ0n) is 23.5. The maximum Gasteiger partial charge on any atom is 4.00 e. The standard InChI is InChI=1S/C32H36OSi.3ClH.Ti/c1-20-12-21(2)15-29(14-20)34(30-16-22(3)13-23(4)17-30)19-31-25(6)24(5)26(7)32(31)27-10-9-11-28(18-27)33-8;;;;/h9-18H,19H2,1-8H3;3*1H;/q-1;;;;+4/p-3. The van der Waals surface area contributed by atoms with Gasteiger partial charge in [-0.1, -0.05) is 120 Å². The molecule has 0 fully saturated rings. The molecule has 4 rings (SSSR count). The number of benzene rings is 3. The Morgan fingerprint density at radius 1 is 0.658 bits per heavy atom. The van der Waals surface area contributed by atoms with Crippen LogP contribution in [-0.2, 0) is 27.8 Å². The van der Waals surface area contributed by atoms with Gasteiger partial charge in [-0.05, 0) is 33.8 Å². The van der Waals surface area contributed by atoms with Gasteiger partial charge in [-0.25, -0.2) is 0 Å². The number of halogens is 3. The molecule has 0 saturated heterocycles. The van der Waals surface area contributed by atoms with E-state index in [1.165, 1.54) is 66.0 Å². The summed E-state index contributed by atoms with van der Waals surface area (Å²) in [7, 11) is 0.704. The zero-order chi connectivity index (χ0) is 24.6. The second kappa shape index (κ2) is 15.4. The van der Waals surface area contributed by atoms with E-state index in [1.54, 1.807) is 7.11 Å². The van der Waals surface area contributed by atoms with E-state index in [-0.39, 0.29) is 58.9 Å². The smallest absolute Gasteiger partial charge is 1.00 e. The minimum Gasteiger partial charge on any atom is -1.00 e. The first-order valence-electron chi connectivity index (χ1n) is 12.1. The summed E-state index contributed by atoms with van der Waals surface area (Å²) in [6.45, 7) is 15.8. The van der Waals surface area contributed by atoms with E-state index < -0.39 is 8.80 Å². The van der Waals surface area contributed by atoms with Crippen LogP contribution in [0.15, 0.2) is 60.7 Å². The van der Waals surface area contributed by atoms with Crippen LogP contribution < -0.4 is 52.3 Å². The summed E-state index contributed by atoms with van der Waals surface area (Å²) in [5.41, 5.74) is 13.8. The Morgan fingerprint density at radius 2 is 1.13 bits per heavy atom. The van der Waals surface area contributed by atoms with Gasteiger partial charge in [-0.2, -0.15) is 11.1 Å². The molecule has 0 amide bonds. The van der Waals surface area contributed by atoms with E-state index in [0.29, 0.717) is 0 Å². The first-order chi connectivity index (χ1) is 16.2. The Hall–Kier alpha value is -1.39. The van der Waals surface area contributed by atoms with Crippen LogP contribution in [-0.4, -0.2) is 15.9 Å². The largest absolute Gasteiger partial charge is 4.00 e. The normalized spacial score (nSPS) is 10.1. The molecule has 0 aliphatic heterocycles. The molecule has 0 N–H and O–H groups in total. The molecular weight excluding hydrogens is 583 g/mol. The van der Waals surface area contributed by atoms with Crippen molar-refractivity contribution in [1.29, 1.82) is 0 Å². The number of methoxy groups -OCH3 is 1. The van der Waals surface area contributed by atoms with Crippen molar-refractivity contribution in [3.63, 3.8) is 0 Å². The summed E-state index contributed by atoms with van der Waals surface area (Å²) in [5.74, 6) is 0.911. The molecule has 0 atom stereocenters. The van der Waals surface area contributed by atoms with Crippen LogP contribution in [0, 0.1) is 48.5 Å². The molecule has 6 heteroatoms. The third kappa shape index (κ3) is 7.84. The minimum absolute atomic E-state index is 0. The van der Waals surface area contributed by atoms with Crippen molar-refractivity contribution in [3.05, 3.63) is 105 Å². The average molecular weight is 619 g/mol. The molecule has 38 heavy (non-hydrogen) atoms. The second-order valence-electron chi connectivity index (χ2n) is 9.87. The predicted octanol–water partition coefficient (Wildman–Crippen LogP) is -2.36. The monoisotopic (exact) mass is 617 g/mol. The SMILES string of the molecule is COc1cccc(-c2c(C)c(C)c(C)[c-]2C[Si](c2cc(C)cc(C)c2)c2cc(C)cc(C)c2)c1.[Cl-].[Cl-].[Cl-].[Ti+4]. The van der Waals surface area contributed by atoms with Gasteiger partial charge in [0.05, 0.1) is 7.11 Å². The zero-order valence-corrected chi connectivity index (χ0v) is 28.4. The van der Waals surface area contributed by atoms with Gasteiger partial charge in [0.1, 0.15) is 14.5 Å². The molecule has 0 aliphatic carbocycles. The van der Waals surface area contributed by atoms with Gasteiger partial charge in [0.15, 0.2) is 0 Å². The molecule has 1 radical (unpaired) electrons. The van der Waals surface area contributed by atoms with Crippen LogP contribution in [0.1, 0.15) is 44.5 Å². The molecule has 0 unspecified atom stereocenters. The first kappa shape index (κ1) is 36.6. The van der Waals surface area contributed by atoms with Crippen molar-refractivity contribution < 1.29 is 63.7 Å². The van der Waals surface area contributed by atoms with Crippen molar-refractivity contribution in [2.24, 2.45) is 0 Å². The van der Waals surface area contributed by atoms with E-state index in [4.69, 9.17) is 4.74 Å². The number of ether oxygens (including phenoxy) is 1. The number of aryl methyl sites for hydroxylation is 4. The van der Waals surface area contributed by atoms with Gasteiger partial charge in [0, 0.05) is 0 Å². The second-order valence-corrected chi connectivity index (χ2v) is 12.3. The molecule has 0 aliphatic rings. The van der Waals surface area contributed by atoms with Gasteiger partial charge in [0.25, 0.3) is 0 Å². The van der Waals surface area contributed by atoms with Crippen LogP contribution >= 0.6 is 0 Å². The number of hydrogen-bond acceptors (Lipinski definition) is 1. The van der Waals surface area contributed by atoms with Crippen LogP contribution in [0.2, 0.25) is 0 Å². The molecule has 0 heterocycles. The Kier molecular flexibility index (Phi) is 14.8. The first-order valence-corrected chi connectivity index (χ1v) is 13.8. The molecule has 0 aromatic heterocycles. The van der Waals surface area contributed by atoms with Gasteiger partial charge in [0.2, 0.25) is 0 Å². The minimum atomic E-state index is -1.04. The van der Waals surface area contributed by atoms with Crippen molar-refractivity contribution >= 4 is 19.2 Å². The van der Waals surface area contributed by atoms with Crippen molar-refractivity contribution in [3.8, 4) is 16.9 Å². The molecule has 0 saturated carbocycles. The van der Waals surface area contributed by atoms with Crippen LogP contribution in [0.25, 0.3) is 11.1 Å². The summed E-state index contributed by atoms with van der Waals surface area (Å²) in [5, 5.41) is 3.00. The van der Waals surface area contributed by atoms with Crippen molar-refractivity contribution in [2.45, 2.75) is 54.5 Å². The molecule has 4 aromatic rings. The van der Waals surface area contributed by atoms with Crippen molar-refractivity contribution in [1.82, 2.24) is 0 Å². The molecule has 0 bridgehead atoms. The van der Waals surface area contributed by atoms with Crippen LogP contribution in [0.3, 0.4) is 0 Å². The molecular formula is C32H36Cl3OSiTi. The fourth-order valence-corrected chi connectivity index (χ4v) is 8.49. The molecule has 199 valence electrons. The van der Waals surface area contributed by atoms with E-state index in [2.05, 4.69) is 103 Å². The van der Waals surface area contributed by atoms with Crippen LogP contribution in [0.5, 0.6) is 5.75 Å². The topological polar surface area (TPSA) is 9.23 Å². The summed E-state index contributed by atoms with van der Waals surface area (Å²) >= 11 is 0.